The molecule has 0 saturated carbocycles. The van der Waals surface area contributed by atoms with Crippen LogP contribution in [-0.4, -0.2) is 23.4 Å². The maximum atomic E-state index is 11.3. The number of aryl methyl sites for hydroxylation is 1. The molecule has 1 aliphatic rings. The monoisotopic (exact) mass is 322 g/mol. The van der Waals surface area contributed by atoms with E-state index in [4.69, 9.17) is 5.73 Å². The summed E-state index contributed by atoms with van der Waals surface area (Å²) in [5, 5.41) is 0. The molecular weight excluding hydrogens is 296 g/mol. The average molecular weight is 322 g/mol. The Morgan fingerprint density at radius 3 is 2.79 bits per heavy atom. The van der Waals surface area contributed by atoms with E-state index in [-0.39, 0.29) is 5.91 Å². The second-order valence-corrected chi connectivity index (χ2v) is 6.81. The van der Waals surface area contributed by atoms with Gasteiger partial charge in [-0.1, -0.05) is 48.9 Å². The molecule has 0 aromatic heterocycles. The highest BCUT2D eigenvalue weighted by atomic mass is 16.1. The second kappa shape index (κ2) is 7.63. The minimum Gasteiger partial charge on any atom is -0.370 e. The van der Waals surface area contributed by atoms with Crippen LogP contribution in [0.4, 0.5) is 0 Å². The third kappa shape index (κ3) is 4.04. The Kier molecular flexibility index (Phi) is 5.31. The van der Waals surface area contributed by atoms with Crippen molar-refractivity contribution < 1.29 is 4.79 Å². The summed E-state index contributed by atoms with van der Waals surface area (Å²) in [6.45, 7) is 4.08. The number of primary amides is 1. The smallest absolute Gasteiger partial charge is 0.218 e. The molecule has 0 bridgehead atoms. The first-order chi connectivity index (χ1) is 11.6. The van der Waals surface area contributed by atoms with Crippen LogP contribution in [0.5, 0.6) is 0 Å². The first-order valence-electron chi connectivity index (χ1n) is 8.81. The zero-order valence-electron chi connectivity index (χ0n) is 14.4. The highest BCUT2D eigenvalue weighted by molar-refractivity contribution is 5.74. The van der Waals surface area contributed by atoms with Gasteiger partial charge < -0.3 is 5.73 Å². The number of amides is 1. The van der Waals surface area contributed by atoms with Gasteiger partial charge >= 0.3 is 0 Å². The Bertz CT molecular complexity index is 710. The van der Waals surface area contributed by atoms with Crippen molar-refractivity contribution in [1.82, 2.24) is 4.90 Å². The summed E-state index contributed by atoms with van der Waals surface area (Å²) in [6, 6.07) is 17.5. The van der Waals surface area contributed by atoms with Gasteiger partial charge in [0, 0.05) is 19.0 Å². The first kappa shape index (κ1) is 16.7. The van der Waals surface area contributed by atoms with Gasteiger partial charge in [-0.25, -0.2) is 0 Å². The largest absolute Gasteiger partial charge is 0.370 e. The SMILES string of the molecule is Cc1ccccc1-c1cccc(CN2CCCCC2CC(N)=O)c1. The van der Waals surface area contributed by atoms with Crippen LogP contribution in [0, 0.1) is 6.92 Å². The Morgan fingerprint density at radius 1 is 1.17 bits per heavy atom. The first-order valence-corrected chi connectivity index (χ1v) is 8.81. The van der Waals surface area contributed by atoms with Crippen molar-refractivity contribution in [1.29, 1.82) is 0 Å². The number of carbonyl (C=O) groups is 1. The summed E-state index contributed by atoms with van der Waals surface area (Å²) < 4.78 is 0. The molecule has 1 saturated heterocycles. The number of benzene rings is 2. The molecule has 126 valence electrons. The zero-order chi connectivity index (χ0) is 16.9. The van der Waals surface area contributed by atoms with Crippen LogP contribution >= 0.6 is 0 Å². The van der Waals surface area contributed by atoms with E-state index in [0.717, 1.165) is 19.5 Å². The Balaban J connectivity index is 1.79. The van der Waals surface area contributed by atoms with E-state index in [0.29, 0.717) is 12.5 Å². The van der Waals surface area contributed by atoms with Crippen LogP contribution in [0.2, 0.25) is 0 Å². The van der Waals surface area contributed by atoms with Gasteiger partial charge in [0.15, 0.2) is 0 Å². The predicted molar refractivity (Wildman–Crippen MR) is 98.5 cm³/mol. The number of carbonyl (C=O) groups excluding carboxylic acids is 1. The van der Waals surface area contributed by atoms with Crippen molar-refractivity contribution in [3.63, 3.8) is 0 Å². The van der Waals surface area contributed by atoms with Gasteiger partial charge in [0.05, 0.1) is 0 Å². The summed E-state index contributed by atoms with van der Waals surface area (Å²) >= 11 is 0. The lowest BCUT2D eigenvalue weighted by atomic mass is 9.96. The average Bonchev–Trinajstić information content (AvgIpc) is 2.57. The van der Waals surface area contributed by atoms with Crippen molar-refractivity contribution in [2.45, 2.75) is 45.2 Å². The Hall–Kier alpha value is -2.13. The highest BCUT2D eigenvalue weighted by Crippen LogP contribution is 2.26. The summed E-state index contributed by atoms with van der Waals surface area (Å²) in [5.41, 5.74) is 10.6. The molecule has 2 aromatic carbocycles. The molecule has 24 heavy (non-hydrogen) atoms. The van der Waals surface area contributed by atoms with E-state index in [1.54, 1.807) is 0 Å². The fraction of sp³-hybridized carbons (Fsp3) is 0.381. The molecule has 0 spiro atoms. The number of nitrogens with two attached hydrogens (primary N) is 1. The van der Waals surface area contributed by atoms with Crippen molar-refractivity contribution in [2.24, 2.45) is 5.73 Å². The van der Waals surface area contributed by atoms with Gasteiger partial charge in [0.1, 0.15) is 0 Å². The van der Waals surface area contributed by atoms with E-state index in [9.17, 15) is 4.79 Å². The minimum atomic E-state index is -0.194. The molecule has 1 aliphatic heterocycles. The van der Waals surface area contributed by atoms with Crippen LogP contribution in [0.15, 0.2) is 48.5 Å². The fourth-order valence-corrected chi connectivity index (χ4v) is 3.70. The summed E-state index contributed by atoms with van der Waals surface area (Å²) in [5.74, 6) is -0.194. The normalized spacial score (nSPS) is 18.5. The lowest BCUT2D eigenvalue weighted by Crippen LogP contribution is -2.41. The summed E-state index contributed by atoms with van der Waals surface area (Å²) in [7, 11) is 0. The van der Waals surface area contributed by atoms with Crippen molar-refractivity contribution in [3.05, 3.63) is 59.7 Å². The number of hydrogen-bond acceptors (Lipinski definition) is 2. The predicted octanol–water partition coefficient (Wildman–Crippen LogP) is 3.89. The van der Waals surface area contributed by atoms with Crippen molar-refractivity contribution in [2.75, 3.05) is 6.54 Å². The van der Waals surface area contributed by atoms with E-state index in [1.165, 1.54) is 35.1 Å². The third-order valence-corrected chi connectivity index (χ3v) is 4.95. The molecule has 1 atom stereocenters. The van der Waals surface area contributed by atoms with Gasteiger partial charge in [-0.15, -0.1) is 0 Å². The van der Waals surface area contributed by atoms with Crippen LogP contribution < -0.4 is 5.73 Å². The Labute approximate surface area is 144 Å². The Morgan fingerprint density at radius 2 is 2.00 bits per heavy atom. The maximum absolute atomic E-state index is 11.3. The molecule has 3 nitrogen and oxygen atoms in total. The standard InChI is InChI=1S/C21H26N2O/c1-16-7-2-3-11-20(16)18-9-6-8-17(13-18)15-23-12-5-4-10-19(23)14-21(22)24/h2-3,6-9,11,13,19H,4-5,10,12,14-15H2,1H3,(H2,22,24). The lowest BCUT2D eigenvalue weighted by Gasteiger charge is -2.35. The van der Waals surface area contributed by atoms with Crippen molar-refractivity contribution in [3.8, 4) is 11.1 Å². The molecule has 0 radical (unpaired) electrons. The quantitative estimate of drug-likeness (QED) is 0.907. The van der Waals surface area contributed by atoms with Gasteiger partial charge in [-0.2, -0.15) is 0 Å². The topological polar surface area (TPSA) is 46.3 Å². The minimum absolute atomic E-state index is 0.194. The van der Waals surface area contributed by atoms with Crippen LogP contribution in [0.1, 0.15) is 36.8 Å². The van der Waals surface area contributed by atoms with Crippen molar-refractivity contribution >= 4 is 5.91 Å². The molecule has 1 fully saturated rings. The summed E-state index contributed by atoms with van der Waals surface area (Å²) in [4.78, 5) is 13.8. The third-order valence-electron chi connectivity index (χ3n) is 4.95. The van der Waals surface area contributed by atoms with Gasteiger partial charge in [-0.3, -0.25) is 9.69 Å². The molecule has 1 heterocycles. The van der Waals surface area contributed by atoms with Gasteiger partial charge in [-0.05, 0) is 54.6 Å². The number of nitrogens with zero attached hydrogens (tertiary/aromatic N) is 1. The molecule has 3 heteroatoms. The number of hydrogen-bond donors (Lipinski definition) is 1. The molecule has 1 unspecified atom stereocenters. The second-order valence-electron chi connectivity index (χ2n) is 6.81. The fourth-order valence-electron chi connectivity index (χ4n) is 3.70. The number of piperidine rings is 1. The van der Waals surface area contributed by atoms with Gasteiger partial charge in [0.25, 0.3) is 0 Å². The van der Waals surface area contributed by atoms with Crippen LogP contribution in [-0.2, 0) is 11.3 Å². The summed E-state index contributed by atoms with van der Waals surface area (Å²) in [6.07, 6.45) is 3.93. The molecular formula is C21H26N2O. The highest BCUT2D eigenvalue weighted by Gasteiger charge is 2.23. The van der Waals surface area contributed by atoms with E-state index < -0.39 is 0 Å². The molecule has 2 N–H and O–H groups in total. The number of likely N-dealkylation sites (tertiary alicyclic amines) is 1. The van der Waals surface area contributed by atoms with Crippen LogP contribution in [0.25, 0.3) is 11.1 Å². The molecule has 0 aliphatic carbocycles. The molecule has 1 amide bonds. The molecule has 2 aromatic rings. The molecule has 3 rings (SSSR count). The van der Waals surface area contributed by atoms with Crippen LogP contribution in [0.3, 0.4) is 0 Å². The zero-order valence-corrected chi connectivity index (χ0v) is 14.4. The van der Waals surface area contributed by atoms with E-state index in [1.807, 2.05) is 0 Å². The number of rotatable bonds is 5. The van der Waals surface area contributed by atoms with E-state index in [2.05, 4.69) is 60.4 Å². The lowest BCUT2D eigenvalue weighted by molar-refractivity contribution is -0.119. The maximum Gasteiger partial charge on any atom is 0.218 e. The van der Waals surface area contributed by atoms with E-state index >= 15 is 0 Å². The van der Waals surface area contributed by atoms with Gasteiger partial charge in [0.2, 0.25) is 5.91 Å².